The second-order valence-electron chi connectivity index (χ2n) is 4.06. The van der Waals surface area contributed by atoms with Gasteiger partial charge in [-0.25, -0.2) is 0 Å². The van der Waals surface area contributed by atoms with Gasteiger partial charge in [-0.2, -0.15) is 0 Å². The van der Waals surface area contributed by atoms with Gasteiger partial charge >= 0.3 is 0 Å². The number of amides is 2. The molecule has 1 aliphatic heterocycles. The molecule has 0 aliphatic carbocycles. The third-order valence-electron chi connectivity index (χ3n) is 2.83. The van der Waals surface area contributed by atoms with Crippen LogP contribution in [0.5, 0.6) is 5.75 Å². The second-order valence-corrected chi connectivity index (χ2v) is 5.35. The van der Waals surface area contributed by atoms with E-state index in [0.717, 1.165) is 0 Å². The zero-order chi connectivity index (χ0) is 13.4. The minimum atomic E-state index is -0.533. The maximum absolute atomic E-state index is 11.8. The Morgan fingerprint density at radius 3 is 2.78 bits per heavy atom. The van der Waals surface area contributed by atoms with Crippen LogP contribution in [0, 0.1) is 5.92 Å². The zero-order valence-corrected chi connectivity index (χ0v) is 11.5. The molecule has 96 valence electrons. The van der Waals surface area contributed by atoms with Gasteiger partial charge in [-0.05, 0) is 28.1 Å². The van der Waals surface area contributed by atoms with Crippen LogP contribution in [0.2, 0.25) is 5.02 Å². The molecular formula is C11H10BrClN2O3. The molecule has 0 saturated carbocycles. The molecule has 18 heavy (non-hydrogen) atoms. The number of halogens is 2. The number of anilines is 1. The first-order valence-corrected chi connectivity index (χ1v) is 6.35. The molecule has 1 aromatic rings. The SMILES string of the molecule is NC(=O)C1CC(=O)N(c2cc(Cl)cc(Br)c2O)C1. The van der Waals surface area contributed by atoms with Crippen molar-refractivity contribution in [2.45, 2.75) is 6.42 Å². The molecule has 0 spiro atoms. The van der Waals surface area contributed by atoms with Gasteiger partial charge < -0.3 is 15.7 Å². The topological polar surface area (TPSA) is 83.6 Å². The Balaban J connectivity index is 2.38. The molecular weight excluding hydrogens is 323 g/mol. The largest absolute Gasteiger partial charge is 0.505 e. The molecule has 0 radical (unpaired) electrons. The van der Waals surface area contributed by atoms with Crippen molar-refractivity contribution in [2.24, 2.45) is 11.7 Å². The number of carbonyl (C=O) groups excluding carboxylic acids is 2. The molecule has 3 N–H and O–H groups in total. The van der Waals surface area contributed by atoms with Crippen LogP contribution in [0.1, 0.15) is 6.42 Å². The van der Waals surface area contributed by atoms with Crippen molar-refractivity contribution in [1.29, 1.82) is 0 Å². The first-order valence-electron chi connectivity index (χ1n) is 5.18. The van der Waals surface area contributed by atoms with Crippen molar-refractivity contribution in [3.8, 4) is 5.75 Å². The first kappa shape index (κ1) is 13.2. The van der Waals surface area contributed by atoms with Crippen molar-refractivity contribution in [3.63, 3.8) is 0 Å². The van der Waals surface area contributed by atoms with E-state index in [1.165, 1.54) is 17.0 Å². The van der Waals surface area contributed by atoms with Gasteiger partial charge in [0.15, 0.2) is 5.75 Å². The summed E-state index contributed by atoms with van der Waals surface area (Å²) >= 11 is 9.02. The summed E-state index contributed by atoms with van der Waals surface area (Å²) in [4.78, 5) is 24.2. The lowest BCUT2D eigenvalue weighted by Gasteiger charge is -2.18. The maximum Gasteiger partial charge on any atom is 0.227 e. The number of nitrogens with two attached hydrogens (primary N) is 1. The van der Waals surface area contributed by atoms with Gasteiger partial charge in [0.2, 0.25) is 11.8 Å². The van der Waals surface area contributed by atoms with Gasteiger partial charge in [-0.1, -0.05) is 11.6 Å². The van der Waals surface area contributed by atoms with Gasteiger partial charge in [0, 0.05) is 18.0 Å². The van der Waals surface area contributed by atoms with Crippen molar-refractivity contribution in [1.82, 2.24) is 0 Å². The Hall–Kier alpha value is -1.27. The average molecular weight is 334 g/mol. The number of phenols is 1. The molecule has 0 bridgehead atoms. The molecule has 5 nitrogen and oxygen atoms in total. The zero-order valence-electron chi connectivity index (χ0n) is 9.19. The Kier molecular flexibility index (Phi) is 3.49. The summed E-state index contributed by atoms with van der Waals surface area (Å²) < 4.78 is 0.389. The number of aromatic hydroxyl groups is 1. The highest BCUT2D eigenvalue weighted by Crippen LogP contribution is 2.39. The number of hydrogen-bond donors (Lipinski definition) is 2. The van der Waals surface area contributed by atoms with Gasteiger partial charge in [0.05, 0.1) is 16.1 Å². The van der Waals surface area contributed by atoms with Crippen molar-refractivity contribution >= 4 is 45.0 Å². The lowest BCUT2D eigenvalue weighted by Crippen LogP contribution is -2.28. The Morgan fingerprint density at radius 2 is 2.22 bits per heavy atom. The Bertz CT molecular complexity index is 535. The van der Waals surface area contributed by atoms with Gasteiger partial charge in [0.1, 0.15) is 0 Å². The fourth-order valence-corrected chi connectivity index (χ4v) is 2.68. The minimum absolute atomic E-state index is 0.0545. The lowest BCUT2D eigenvalue weighted by atomic mass is 10.1. The molecule has 2 amide bonds. The van der Waals surface area contributed by atoms with Crippen LogP contribution in [-0.4, -0.2) is 23.5 Å². The molecule has 1 fully saturated rings. The van der Waals surface area contributed by atoms with E-state index in [0.29, 0.717) is 9.50 Å². The third kappa shape index (κ3) is 2.30. The van der Waals surface area contributed by atoms with Crippen LogP contribution >= 0.6 is 27.5 Å². The number of benzene rings is 1. The van der Waals surface area contributed by atoms with Gasteiger partial charge in [0.25, 0.3) is 0 Å². The maximum atomic E-state index is 11.8. The molecule has 1 atom stereocenters. The van der Waals surface area contributed by atoms with E-state index in [4.69, 9.17) is 17.3 Å². The molecule has 0 aromatic heterocycles. The van der Waals surface area contributed by atoms with Crippen molar-refractivity contribution in [2.75, 3.05) is 11.4 Å². The summed E-state index contributed by atoms with van der Waals surface area (Å²) in [7, 11) is 0. The van der Waals surface area contributed by atoms with E-state index >= 15 is 0 Å². The van der Waals surface area contributed by atoms with Crippen LogP contribution in [0.3, 0.4) is 0 Å². The average Bonchev–Trinajstić information content (AvgIpc) is 2.66. The highest BCUT2D eigenvalue weighted by molar-refractivity contribution is 9.10. The van der Waals surface area contributed by atoms with Gasteiger partial charge in [-0.15, -0.1) is 0 Å². The quantitative estimate of drug-likeness (QED) is 0.863. The summed E-state index contributed by atoms with van der Waals surface area (Å²) in [6, 6.07) is 3.00. The first-order chi connectivity index (χ1) is 8.40. The number of carbonyl (C=O) groups is 2. The Morgan fingerprint density at radius 1 is 1.56 bits per heavy atom. The van der Waals surface area contributed by atoms with E-state index in [-0.39, 0.29) is 30.3 Å². The highest BCUT2D eigenvalue weighted by Gasteiger charge is 2.35. The summed E-state index contributed by atoms with van der Waals surface area (Å²) in [6.45, 7) is 0.161. The molecule has 1 unspecified atom stereocenters. The normalized spacial score (nSPS) is 19.3. The van der Waals surface area contributed by atoms with Crippen LogP contribution in [0.15, 0.2) is 16.6 Å². The van der Waals surface area contributed by atoms with E-state index in [1.54, 1.807) is 0 Å². The fraction of sp³-hybridized carbons (Fsp3) is 0.273. The predicted octanol–water partition coefficient (Wildman–Crippen LogP) is 1.65. The number of primary amides is 1. The van der Waals surface area contributed by atoms with E-state index < -0.39 is 11.8 Å². The van der Waals surface area contributed by atoms with Gasteiger partial charge in [-0.3, -0.25) is 9.59 Å². The van der Waals surface area contributed by atoms with E-state index in [9.17, 15) is 14.7 Å². The second kappa shape index (κ2) is 4.78. The van der Waals surface area contributed by atoms with Crippen LogP contribution in [0.25, 0.3) is 0 Å². The van der Waals surface area contributed by atoms with E-state index in [1.807, 2.05) is 0 Å². The molecule has 2 rings (SSSR count). The number of phenolic OH excluding ortho intramolecular Hbond substituents is 1. The summed E-state index contributed by atoms with van der Waals surface area (Å²) in [5.41, 5.74) is 5.46. The fourth-order valence-electron chi connectivity index (χ4n) is 1.89. The predicted molar refractivity (Wildman–Crippen MR) is 70.5 cm³/mol. The summed E-state index contributed by atoms with van der Waals surface area (Å²) in [6.07, 6.45) is 0.0545. The monoisotopic (exact) mass is 332 g/mol. The van der Waals surface area contributed by atoms with Crippen LogP contribution < -0.4 is 10.6 Å². The molecule has 1 saturated heterocycles. The third-order valence-corrected chi connectivity index (χ3v) is 3.65. The number of rotatable bonds is 2. The lowest BCUT2D eigenvalue weighted by molar-refractivity contribution is -0.123. The molecule has 7 heteroatoms. The number of hydrogen-bond acceptors (Lipinski definition) is 3. The molecule has 1 aromatic carbocycles. The molecule has 1 heterocycles. The number of nitrogens with zero attached hydrogens (tertiary/aromatic N) is 1. The Labute approximate surface area is 117 Å². The van der Waals surface area contributed by atoms with Crippen LogP contribution in [-0.2, 0) is 9.59 Å². The molecule has 1 aliphatic rings. The highest BCUT2D eigenvalue weighted by atomic mass is 79.9. The standard InChI is InChI=1S/C11H10BrClN2O3/c12-7-2-6(13)3-8(10(7)17)15-4-5(11(14)18)1-9(15)16/h2-3,5,17H,1,4H2,(H2,14,18). The van der Waals surface area contributed by atoms with Crippen LogP contribution in [0.4, 0.5) is 5.69 Å². The smallest absolute Gasteiger partial charge is 0.227 e. The van der Waals surface area contributed by atoms with Crippen molar-refractivity contribution in [3.05, 3.63) is 21.6 Å². The minimum Gasteiger partial charge on any atom is -0.505 e. The summed E-state index contributed by atoms with van der Waals surface area (Å²) in [5, 5.41) is 10.3. The summed E-state index contributed by atoms with van der Waals surface area (Å²) in [5.74, 6) is -1.40. The van der Waals surface area contributed by atoms with Crippen molar-refractivity contribution < 1.29 is 14.7 Å². The van der Waals surface area contributed by atoms with E-state index in [2.05, 4.69) is 15.9 Å².